The molecular formula is C16H25N3O4S2. The van der Waals surface area contributed by atoms with Crippen LogP contribution in [0.4, 0.5) is 0 Å². The van der Waals surface area contributed by atoms with Crippen molar-refractivity contribution in [2.75, 3.05) is 39.4 Å². The van der Waals surface area contributed by atoms with Gasteiger partial charge in [-0.1, -0.05) is 6.92 Å². The molecule has 0 bridgehead atoms. The maximum atomic E-state index is 12.8. The molecule has 2 fully saturated rings. The van der Waals surface area contributed by atoms with Crippen molar-refractivity contribution in [1.29, 1.82) is 0 Å². The molecule has 0 spiro atoms. The van der Waals surface area contributed by atoms with Crippen molar-refractivity contribution in [3.05, 3.63) is 16.1 Å². The van der Waals surface area contributed by atoms with Crippen LogP contribution >= 0.6 is 11.3 Å². The van der Waals surface area contributed by atoms with Crippen LogP contribution in [-0.4, -0.2) is 73.2 Å². The molecule has 0 saturated carbocycles. The van der Waals surface area contributed by atoms with Gasteiger partial charge in [-0.25, -0.2) is 13.4 Å². The first-order chi connectivity index (χ1) is 12.0. The van der Waals surface area contributed by atoms with Crippen LogP contribution in [0.1, 0.15) is 30.5 Å². The van der Waals surface area contributed by atoms with Gasteiger partial charge in [-0.3, -0.25) is 4.79 Å². The van der Waals surface area contributed by atoms with E-state index in [-0.39, 0.29) is 18.9 Å². The maximum absolute atomic E-state index is 12.8. The Bertz CT molecular complexity index is 698. The molecule has 0 N–H and O–H groups in total. The predicted octanol–water partition coefficient (Wildman–Crippen LogP) is 0.901. The highest BCUT2D eigenvalue weighted by atomic mass is 32.2. The number of hydrogen-bond acceptors (Lipinski definition) is 6. The lowest BCUT2D eigenvalue weighted by molar-refractivity contribution is -0.131. The molecule has 0 radical (unpaired) electrons. The molecule has 9 heteroatoms. The average Bonchev–Trinajstić information content (AvgIpc) is 3.10. The van der Waals surface area contributed by atoms with Crippen molar-refractivity contribution < 1.29 is 17.9 Å². The summed E-state index contributed by atoms with van der Waals surface area (Å²) < 4.78 is 32.4. The lowest BCUT2D eigenvalue weighted by atomic mass is 10.1. The van der Waals surface area contributed by atoms with Gasteiger partial charge in [0.1, 0.15) is 0 Å². The number of nitrogens with zero attached hydrogens (tertiary/aromatic N) is 3. The van der Waals surface area contributed by atoms with E-state index < -0.39 is 15.3 Å². The normalized spacial score (nSPS) is 22.9. The molecule has 25 heavy (non-hydrogen) atoms. The summed E-state index contributed by atoms with van der Waals surface area (Å²) in [4.78, 5) is 18.7. The summed E-state index contributed by atoms with van der Waals surface area (Å²) in [5.41, 5.74) is 0.782. The van der Waals surface area contributed by atoms with Gasteiger partial charge in [0.15, 0.2) is 0 Å². The summed E-state index contributed by atoms with van der Waals surface area (Å²) >= 11 is 1.57. The standard InChI is InChI=1S/C16H25N3O4S2/c1-2-15-17-13(12-24-15)10-16(20)18-5-3-4-14(11-18)25(21,22)19-6-8-23-9-7-19/h12,14H,2-11H2,1H3/t14-/m1/s1. The molecule has 0 unspecified atom stereocenters. The lowest BCUT2D eigenvalue weighted by Crippen LogP contribution is -2.52. The number of aryl methyl sites for hydroxylation is 1. The molecular weight excluding hydrogens is 362 g/mol. The fraction of sp³-hybridized carbons (Fsp3) is 0.750. The zero-order valence-electron chi connectivity index (χ0n) is 14.5. The van der Waals surface area contributed by atoms with Gasteiger partial charge in [-0.15, -0.1) is 11.3 Å². The van der Waals surface area contributed by atoms with E-state index in [4.69, 9.17) is 4.74 Å². The van der Waals surface area contributed by atoms with Crippen molar-refractivity contribution in [3.8, 4) is 0 Å². The third-order valence-electron chi connectivity index (χ3n) is 4.72. The second kappa shape index (κ2) is 8.11. The second-order valence-corrected chi connectivity index (χ2v) is 9.58. The zero-order valence-corrected chi connectivity index (χ0v) is 16.1. The number of carbonyl (C=O) groups is 1. The Morgan fingerprint density at radius 1 is 1.36 bits per heavy atom. The highest BCUT2D eigenvalue weighted by molar-refractivity contribution is 7.89. The van der Waals surface area contributed by atoms with E-state index in [1.54, 1.807) is 16.2 Å². The molecule has 0 aromatic carbocycles. The van der Waals surface area contributed by atoms with Crippen molar-refractivity contribution >= 4 is 27.3 Å². The van der Waals surface area contributed by atoms with Gasteiger partial charge in [0, 0.05) is 31.6 Å². The van der Waals surface area contributed by atoms with Crippen molar-refractivity contribution in [2.45, 2.75) is 37.9 Å². The fourth-order valence-corrected chi connectivity index (χ4v) is 5.94. The molecule has 3 heterocycles. The van der Waals surface area contributed by atoms with Gasteiger partial charge in [0.25, 0.3) is 0 Å². The number of sulfonamides is 1. The quantitative estimate of drug-likeness (QED) is 0.750. The molecule has 2 aliphatic heterocycles. The summed E-state index contributed by atoms with van der Waals surface area (Å²) in [5.74, 6) is -0.0326. The highest BCUT2D eigenvalue weighted by Crippen LogP contribution is 2.22. The lowest BCUT2D eigenvalue weighted by Gasteiger charge is -2.36. The number of ether oxygens (including phenoxy) is 1. The van der Waals surface area contributed by atoms with Gasteiger partial charge >= 0.3 is 0 Å². The van der Waals surface area contributed by atoms with Crippen molar-refractivity contribution in [2.24, 2.45) is 0 Å². The number of hydrogen-bond donors (Lipinski definition) is 0. The Hall–Kier alpha value is -1.03. The number of likely N-dealkylation sites (tertiary alicyclic amines) is 1. The largest absolute Gasteiger partial charge is 0.379 e. The van der Waals surface area contributed by atoms with Gasteiger partial charge in [-0.2, -0.15) is 4.31 Å². The third-order valence-corrected chi connectivity index (χ3v) is 8.07. The number of aromatic nitrogens is 1. The van der Waals surface area contributed by atoms with E-state index in [2.05, 4.69) is 4.98 Å². The van der Waals surface area contributed by atoms with Crippen LogP contribution in [0.5, 0.6) is 0 Å². The molecule has 140 valence electrons. The molecule has 1 aromatic heterocycles. The van der Waals surface area contributed by atoms with E-state index in [0.29, 0.717) is 39.3 Å². The number of piperidine rings is 1. The minimum Gasteiger partial charge on any atom is -0.379 e. The van der Waals surface area contributed by atoms with Crippen LogP contribution in [-0.2, 0) is 32.4 Å². The molecule has 2 aliphatic rings. The highest BCUT2D eigenvalue weighted by Gasteiger charge is 2.37. The minimum atomic E-state index is -3.38. The summed E-state index contributed by atoms with van der Waals surface area (Å²) in [7, 11) is -3.38. The average molecular weight is 388 g/mol. The first kappa shape index (κ1) is 18.8. The number of carbonyl (C=O) groups excluding carboxylic acids is 1. The fourth-order valence-electron chi connectivity index (χ4n) is 3.28. The Morgan fingerprint density at radius 2 is 2.12 bits per heavy atom. The Kier molecular flexibility index (Phi) is 6.08. The molecule has 1 atom stereocenters. The van der Waals surface area contributed by atoms with Crippen LogP contribution in [0.3, 0.4) is 0 Å². The Labute approximate surface area is 153 Å². The number of amides is 1. The van der Waals surface area contributed by atoms with Crippen LogP contribution in [0.15, 0.2) is 5.38 Å². The van der Waals surface area contributed by atoms with Crippen LogP contribution in [0, 0.1) is 0 Å². The number of rotatable bonds is 5. The maximum Gasteiger partial charge on any atom is 0.228 e. The first-order valence-corrected chi connectivity index (χ1v) is 11.2. The SMILES string of the molecule is CCc1nc(CC(=O)N2CCC[C@@H](S(=O)(=O)N3CCOCC3)C2)cs1. The summed E-state index contributed by atoms with van der Waals surface area (Å²) in [5, 5.41) is 2.43. The molecule has 0 aliphatic carbocycles. The number of thiazole rings is 1. The summed E-state index contributed by atoms with van der Waals surface area (Å²) in [6.07, 6.45) is 2.45. The van der Waals surface area contributed by atoms with E-state index in [1.807, 2.05) is 12.3 Å². The van der Waals surface area contributed by atoms with Gasteiger partial charge in [0.2, 0.25) is 15.9 Å². The van der Waals surface area contributed by atoms with Gasteiger partial charge in [-0.05, 0) is 19.3 Å². The predicted molar refractivity (Wildman–Crippen MR) is 96.1 cm³/mol. The summed E-state index contributed by atoms with van der Waals surface area (Å²) in [6, 6.07) is 0. The Morgan fingerprint density at radius 3 is 2.80 bits per heavy atom. The monoisotopic (exact) mass is 387 g/mol. The second-order valence-electron chi connectivity index (χ2n) is 6.42. The minimum absolute atomic E-state index is 0.0326. The van der Waals surface area contributed by atoms with Crippen LogP contribution in [0.25, 0.3) is 0 Å². The molecule has 1 amide bonds. The number of morpholine rings is 1. The topological polar surface area (TPSA) is 79.8 Å². The van der Waals surface area contributed by atoms with E-state index in [9.17, 15) is 13.2 Å². The smallest absolute Gasteiger partial charge is 0.228 e. The molecule has 1 aromatic rings. The first-order valence-electron chi connectivity index (χ1n) is 8.78. The third kappa shape index (κ3) is 4.39. The zero-order chi connectivity index (χ0) is 17.9. The van der Waals surface area contributed by atoms with Gasteiger partial charge in [0.05, 0.1) is 35.6 Å². The van der Waals surface area contributed by atoms with Crippen LogP contribution in [0.2, 0.25) is 0 Å². The van der Waals surface area contributed by atoms with Crippen LogP contribution < -0.4 is 0 Å². The molecule has 3 rings (SSSR count). The van der Waals surface area contributed by atoms with E-state index in [1.165, 1.54) is 4.31 Å². The molecule has 7 nitrogen and oxygen atoms in total. The summed E-state index contributed by atoms with van der Waals surface area (Å²) in [6.45, 7) is 4.64. The van der Waals surface area contributed by atoms with E-state index in [0.717, 1.165) is 23.5 Å². The van der Waals surface area contributed by atoms with Gasteiger partial charge < -0.3 is 9.64 Å². The van der Waals surface area contributed by atoms with Crippen molar-refractivity contribution in [3.63, 3.8) is 0 Å². The molecule has 2 saturated heterocycles. The van der Waals surface area contributed by atoms with E-state index >= 15 is 0 Å². The van der Waals surface area contributed by atoms with Crippen molar-refractivity contribution in [1.82, 2.24) is 14.2 Å². The Balaban J connectivity index is 1.62.